The molecule has 0 bridgehead atoms. The Morgan fingerprint density at radius 3 is 2.07 bits per heavy atom. The lowest BCUT2D eigenvalue weighted by molar-refractivity contribution is -0.159. The van der Waals surface area contributed by atoms with Crippen LogP contribution in [0.5, 0.6) is 0 Å². The smallest absolute Gasteiger partial charge is 0.329 e. The quantitative estimate of drug-likeness (QED) is 0.496. The molecule has 82 valence electrons. The number of hydrogen-bond donors (Lipinski definition) is 0. The molecule has 0 aromatic rings. The number of ether oxygens (including phenoxy) is 1. The van der Waals surface area contributed by atoms with Crippen LogP contribution in [0.4, 0.5) is 0 Å². The minimum absolute atomic E-state index is 0.263. The maximum Gasteiger partial charge on any atom is 0.329 e. The van der Waals surface area contributed by atoms with Crippen molar-refractivity contribution in [3.63, 3.8) is 0 Å². The molecule has 0 fully saturated rings. The van der Waals surface area contributed by atoms with Gasteiger partial charge in [-0.3, -0.25) is 14.5 Å². The number of hydrogen-bond acceptors (Lipinski definition) is 4. The third-order valence-electron chi connectivity index (χ3n) is 1.92. The fourth-order valence-corrected chi connectivity index (χ4v) is 1.23. The lowest BCUT2D eigenvalue weighted by Gasteiger charge is -2.21. The molecule has 1 aliphatic rings. The zero-order valence-corrected chi connectivity index (χ0v) is 8.89. The van der Waals surface area contributed by atoms with E-state index in [1.807, 2.05) is 0 Å². The standard InChI is InChI=1S/C10H13NO4/c1-6(2)15-10(14)7(3)11-8(12)4-5-9(11)13/h4-7H,1-3H3. The van der Waals surface area contributed by atoms with Crippen molar-refractivity contribution in [1.82, 2.24) is 4.90 Å². The van der Waals surface area contributed by atoms with Crippen molar-refractivity contribution in [3.8, 4) is 0 Å². The SMILES string of the molecule is CC(C)OC(=O)C(C)N1C(=O)C=CC1=O. The Hall–Kier alpha value is -1.65. The van der Waals surface area contributed by atoms with Crippen molar-refractivity contribution < 1.29 is 19.1 Å². The normalized spacial score (nSPS) is 17.5. The first-order valence-corrected chi connectivity index (χ1v) is 4.69. The van der Waals surface area contributed by atoms with Gasteiger partial charge in [0, 0.05) is 12.2 Å². The molecule has 15 heavy (non-hydrogen) atoms. The monoisotopic (exact) mass is 211 g/mol. The van der Waals surface area contributed by atoms with E-state index in [1.54, 1.807) is 13.8 Å². The molecular formula is C10H13NO4. The lowest BCUT2D eigenvalue weighted by Crippen LogP contribution is -2.44. The van der Waals surface area contributed by atoms with Gasteiger partial charge in [-0.2, -0.15) is 0 Å². The van der Waals surface area contributed by atoms with Gasteiger partial charge in [-0.15, -0.1) is 0 Å². The highest BCUT2D eigenvalue weighted by Gasteiger charge is 2.33. The minimum atomic E-state index is -0.873. The van der Waals surface area contributed by atoms with Crippen LogP contribution >= 0.6 is 0 Å². The number of nitrogens with zero attached hydrogens (tertiary/aromatic N) is 1. The fraction of sp³-hybridized carbons (Fsp3) is 0.500. The van der Waals surface area contributed by atoms with Crippen LogP contribution in [0.3, 0.4) is 0 Å². The number of carbonyl (C=O) groups is 3. The summed E-state index contributed by atoms with van der Waals surface area (Å²) in [5.41, 5.74) is 0. The van der Waals surface area contributed by atoms with Crippen molar-refractivity contribution in [1.29, 1.82) is 0 Å². The van der Waals surface area contributed by atoms with Gasteiger partial charge < -0.3 is 4.74 Å². The molecule has 0 aliphatic carbocycles. The van der Waals surface area contributed by atoms with Crippen LogP contribution < -0.4 is 0 Å². The van der Waals surface area contributed by atoms with Crippen molar-refractivity contribution in [3.05, 3.63) is 12.2 Å². The predicted molar refractivity (Wildman–Crippen MR) is 51.7 cm³/mol. The molecule has 1 heterocycles. The van der Waals surface area contributed by atoms with Crippen LogP contribution in [-0.4, -0.2) is 34.8 Å². The summed E-state index contributed by atoms with van der Waals surface area (Å²) in [6, 6.07) is -0.873. The summed E-state index contributed by atoms with van der Waals surface area (Å²) in [7, 11) is 0. The number of amides is 2. The van der Waals surface area contributed by atoms with Crippen LogP contribution in [-0.2, 0) is 19.1 Å². The van der Waals surface area contributed by atoms with Gasteiger partial charge in [0.25, 0.3) is 11.8 Å². The summed E-state index contributed by atoms with van der Waals surface area (Å²) < 4.78 is 4.91. The largest absolute Gasteiger partial charge is 0.461 e. The van der Waals surface area contributed by atoms with E-state index in [0.717, 1.165) is 17.1 Å². The second-order valence-electron chi connectivity index (χ2n) is 3.54. The maximum absolute atomic E-state index is 11.4. The highest BCUT2D eigenvalue weighted by Crippen LogP contribution is 2.10. The van der Waals surface area contributed by atoms with E-state index in [0.29, 0.717) is 0 Å². The van der Waals surface area contributed by atoms with E-state index < -0.39 is 23.8 Å². The van der Waals surface area contributed by atoms with Crippen molar-refractivity contribution in [2.45, 2.75) is 32.9 Å². The first kappa shape index (κ1) is 11.4. The topological polar surface area (TPSA) is 63.7 Å². The van der Waals surface area contributed by atoms with Crippen LogP contribution in [0.15, 0.2) is 12.2 Å². The average Bonchev–Trinajstić information content (AvgIpc) is 2.44. The molecule has 1 atom stereocenters. The Morgan fingerprint density at radius 2 is 1.67 bits per heavy atom. The molecule has 0 spiro atoms. The average molecular weight is 211 g/mol. The van der Waals surface area contributed by atoms with Crippen molar-refractivity contribution >= 4 is 17.8 Å². The molecule has 0 N–H and O–H groups in total. The molecule has 5 nitrogen and oxygen atoms in total. The summed E-state index contributed by atoms with van der Waals surface area (Å²) in [5.74, 6) is -1.53. The second kappa shape index (κ2) is 4.25. The minimum Gasteiger partial charge on any atom is -0.461 e. The van der Waals surface area contributed by atoms with E-state index in [1.165, 1.54) is 6.92 Å². The Balaban J connectivity index is 2.68. The first-order valence-electron chi connectivity index (χ1n) is 4.69. The van der Waals surface area contributed by atoms with Crippen LogP contribution in [0, 0.1) is 0 Å². The van der Waals surface area contributed by atoms with Gasteiger partial charge in [-0.1, -0.05) is 0 Å². The Kier molecular flexibility index (Phi) is 3.24. The van der Waals surface area contributed by atoms with Gasteiger partial charge in [-0.25, -0.2) is 4.79 Å². The summed E-state index contributed by atoms with van der Waals surface area (Å²) in [6.45, 7) is 4.88. The molecule has 5 heteroatoms. The van der Waals surface area contributed by atoms with E-state index in [2.05, 4.69) is 0 Å². The maximum atomic E-state index is 11.4. The third-order valence-corrected chi connectivity index (χ3v) is 1.92. The molecule has 2 amide bonds. The Bertz CT molecular complexity index is 314. The van der Waals surface area contributed by atoms with E-state index in [-0.39, 0.29) is 6.10 Å². The second-order valence-corrected chi connectivity index (χ2v) is 3.54. The molecule has 0 saturated heterocycles. The molecule has 0 saturated carbocycles. The highest BCUT2D eigenvalue weighted by molar-refractivity contribution is 6.14. The van der Waals surface area contributed by atoms with Gasteiger partial charge in [-0.05, 0) is 20.8 Å². The fourth-order valence-electron chi connectivity index (χ4n) is 1.23. The molecular weight excluding hydrogens is 198 g/mol. The molecule has 0 aromatic heterocycles. The summed E-state index contributed by atoms with van der Waals surface area (Å²) in [5, 5.41) is 0. The van der Waals surface area contributed by atoms with Gasteiger partial charge in [0.2, 0.25) is 0 Å². The van der Waals surface area contributed by atoms with Crippen LogP contribution in [0.2, 0.25) is 0 Å². The van der Waals surface area contributed by atoms with Gasteiger partial charge in [0.1, 0.15) is 6.04 Å². The summed E-state index contributed by atoms with van der Waals surface area (Å²) in [6.07, 6.45) is 2.02. The summed E-state index contributed by atoms with van der Waals surface area (Å²) >= 11 is 0. The Labute approximate surface area is 87.7 Å². The number of imide groups is 1. The van der Waals surface area contributed by atoms with E-state index in [9.17, 15) is 14.4 Å². The molecule has 0 aromatic carbocycles. The number of esters is 1. The molecule has 1 rings (SSSR count). The molecule has 1 aliphatic heterocycles. The molecule has 1 unspecified atom stereocenters. The Morgan fingerprint density at radius 1 is 1.20 bits per heavy atom. The van der Waals surface area contributed by atoms with Crippen LogP contribution in [0.1, 0.15) is 20.8 Å². The zero-order chi connectivity index (χ0) is 11.6. The number of rotatable bonds is 3. The van der Waals surface area contributed by atoms with Crippen molar-refractivity contribution in [2.24, 2.45) is 0 Å². The summed E-state index contributed by atoms with van der Waals surface area (Å²) in [4.78, 5) is 34.8. The highest BCUT2D eigenvalue weighted by atomic mass is 16.5. The van der Waals surface area contributed by atoms with Gasteiger partial charge in [0.05, 0.1) is 6.10 Å². The van der Waals surface area contributed by atoms with E-state index >= 15 is 0 Å². The van der Waals surface area contributed by atoms with Gasteiger partial charge >= 0.3 is 5.97 Å². The lowest BCUT2D eigenvalue weighted by atomic mass is 10.3. The van der Waals surface area contributed by atoms with Gasteiger partial charge in [0.15, 0.2) is 0 Å². The predicted octanol–water partition coefficient (Wildman–Crippen LogP) is 0.252. The molecule has 0 radical (unpaired) electrons. The van der Waals surface area contributed by atoms with Crippen LogP contribution in [0.25, 0.3) is 0 Å². The third kappa shape index (κ3) is 2.43. The van der Waals surface area contributed by atoms with E-state index in [4.69, 9.17) is 4.74 Å². The first-order chi connectivity index (χ1) is 6.93. The number of carbonyl (C=O) groups excluding carboxylic acids is 3. The zero-order valence-electron chi connectivity index (χ0n) is 8.89. The van der Waals surface area contributed by atoms with Crippen molar-refractivity contribution in [2.75, 3.05) is 0 Å².